The third-order valence-corrected chi connectivity index (χ3v) is 8.80. The summed E-state index contributed by atoms with van der Waals surface area (Å²) in [7, 11) is 4.00. The van der Waals surface area contributed by atoms with Crippen LogP contribution in [-0.2, 0) is 19.1 Å². The van der Waals surface area contributed by atoms with Gasteiger partial charge in [-0.1, -0.05) is 127 Å². The Hall–Kier alpha value is -2.14. The summed E-state index contributed by atoms with van der Waals surface area (Å²) in [6, 6.07) is 0. The number of hydrogen-bond acceptors (Lipinski definition) is 5. The van der Waals surface area contributed by atoms with Gasteiger partial charge < -0.3 is 14.4 Å². The molecule has 0 aromatic carbocycles. The van der Waals surface area contributed by atoms with Crippen LogP contribution in [-0.4, -0.2) is 49.7 Å². The van der Waals surface area contributed by atoms with Crippen LogP contribution in [0.15, 0.2) is 48.6 Å². The lowest BCUT2D eigenvalue weighted by molar-refractivity contribution is -0.152. The van der Waals surface area contributed by atoms with Gasteiger partial charge in [-0.2, -0.15) is 0 Å². The summed E-state index contributed by atoms with van der Waals surface area (Å²) in [5.41, 5.74) is 0. The smallest absolute Gasteiger partial charge is 0.306 e. The van der Waals surface area contributed by atoms with Crippen molar-refractivity contribution in [2.24, 2.45) is 5.92 Å². The van der Waals surface area contributed by atoms with Gasteiger partial charge in [0.05, 0.1) is 5.92 Å². The SMILES string of the molecule is CCCCC/C=C\C/C=C\CCCCCCCC(=O)OC1[C@@H](CN(C)C)[C@H]1OC(=O)CCCCCCC/C=C\C/C=C\CCCCC. The first-order chi connectivity index (χ1) is 23.0. The van der Waals surface area contributed by atoms with Crippen molar-refractivity contribution in [1.82, 2.24) is 4.90 Å². The van der Waals surface area contributed by atoms with E-state index in [2.05, 4.69) is 67.4 Å². The molecular formula is C42H73NO4. The number of allylic oxidation sites excluding steroid dienone is 8. The molecule has 0 N–H and O–H groups in total. The summed E-state index contributed by atoms with van der Waals surface area (Å²) < 4.78 is 11.5. The van der Waals surface area contributed by atoms with Gasteiger partial charge in [0.15, 0.2) is 0 Å². The Kier molecular flexibility index (Phi) is 28.4. The Bertz CT molecular complexity index is 808. The zero-order chi connectivity index (χ0) is 34.2. The minimum Gasteiger partial charge on any atom is -0.458 e. The number of ether oxygens (including phenoxy) is 2. The lowest BCUT2D eigenvalue weighted by atomic mass is 10.1. The quantitative estimate of drug-likeness (QED) is 0.0410. The lowest BCUT2D eigenvalue weighted by Gasteiger charge is -2.08. The number of hydrogen-bond donors (Lipinski definition) is 0. The van der Waals surface area contributed by atoms with E-state index < -0.39 is 0 Å². The van der Waals surface area contributed by atoms with Crippen molar-refractivity contribution in [1.29, 1.82) is 0 Å². The maximum Gasteiger partial charge on any atom is 0.306 e. The molecule has 5 heteroatoms. The highest BCUT2D eigenvalue weighted by Gasteiger charge is 2.56. The number of carbonyl (C=O) groups excluding carboxylic acids is 2. The van der Waals surface area contributed by atoms with Crippen molar-refractivity contribution in [3.63, 3.8) is 0 Å². The molecule has 0 aromatic heterocycles. The minimum atomic E-state index is -0.295. The summed E-state index contributed by atoms with van der Waals surface area (Å²) in [5.74, 6) is -0.236. The molecule has 0 saturated heterocycles. The van der Waals surface area contributed by atoms with Crippen molar-refractivity contribution < 1.29 is 19.1 Å². The molecule has 47 heavy (non-hydrogen) atoms. The van der Waals surface area contributed by atoms with E-state index in [1.807, 2.05) is 14.1 Å². The average Bonchev–Trinajstić information content (AvgIpc) is 3.67. The Labute approximate surface area is 290 Å². The number of carbonyl (C=O) groups is 2. The highest BCUT2D eigenvalue weighted by molar-refractivity contribution is 5.71. The summed E-state index contributed by atoms with van der Waals surface area (Å²) >= 11 is 0. The highest BCUT2D eigenvalue weighted by Crippen LogP contribution is 2.39. The van der Waals surface area contributed by atoms with Crippen LogP contribution in [0.2, 0.25) is 0 Å². The summed E-state index contributed by atoms with van der Waals surface area (Å²) in [5, 5.41) is 0. The highest BCUT2D eigenvalue weighted by atomic mass is 16.6. The molecule has 1 unspecified atom stereocenters. The fourth-order valence-electron chi connectivity index (χ4n) is 5.83. The van der Waals surface area contributed by atoms with E-state index in [-0.39, 0.29) is 30.1 Å². The van der Waals surface area contributed by atoms with Crippen LogP contribution in [0.25, 0.3) is 0 Å². The molecular weight excluding hydrogens is 582 g/mol. The Morgan fingerprint density at radius 1 is 0.489 bits per heavy atom. The van der Waals surface area contributed by atoms with Crippen molar-refractivity contribution in [2.75, 3.05) is 20.6 Å². The van der Waals surface area contributed by atoms with Crippen LogP contribution >= 0.6 is 0 Å². The average molecular weight is 656 g/mol. The lowest BCUT2D eigenvalue weighted by Crippen LogP contribution is -2.18. The van der Waals surface area contributed by atoms with Crippen molar-refractivity contribution in [2.45, 2.75) is 180 Å². The van der Waals surface area contributed by atoms with Crippen LogP contribution in [0, 0.1) is 5.92 Å². The molecule has 5 nitrogen and oxygen atoms in total. The van der Waals surface area contributed by atoms with Crippen molar-refractivity contribution >= 4 is 11.9 Å². The van der Waals surface area contributed by atoms with E-state index in [4.69, 9.17) is 9.47 Å². The third-order valence-electron chi connectivity index (χ3n) is 8.80. The second kappa shape index (κ2) is 31.1. The van der Waals surface area contributed by atoms with E-state index in [1.54, 1.807) is 0 Å². The number of rotatable bonds is 32. The molecule has 1 rings (SSSR count). The maximum absolute atomic E-state index is 12.5. The topological polar surface area (TPSA) is 55.8 Å². The molecule has 1 saturated carbocycles. The van der Waals surface area contributed by atoms with E-state index in [0.29, 0.717) is 12.8 Å². The van der Waals surface area contributed by atoms with Crippen LogP contribution < -0.4 is 0 Å². The van der Waals surface area contributed by atoms with E-state index in [1.165, 1.54) is 77.0 Å². The predicted octanol–water partition coefficient (Wildman–Crippen LogP) is 11.6. The van der Waals surface area contributed by atoms with E-state index in [0.717, 1.165) is 70.8 Å². The van der Waals surface area contributed by atoms with Crippen LogP contribution in [0.5, 0.6) is 0 Å². The molecule has 0 spiro atoms. The number of unbranched alkanes of at least 4 members (excludes halogenated alkanes) is 16. The zero-order valence-electron chi connectivity index (χ0n) is 31.1. The molecule has 0 aromatic rings. The number of esters is 2. The summed E-state index contributed by atoms with van der Waals surface area (Å²) in [4.78, 5) is 27.1. The summed E-state index contributed by atoms with van der Waals surface area (Å²) in [6.45, 7) is 5.24. The third kappa shape index (κ3) is 26.5. The van der Waals surface area contributed by atoms with Gasteiger partial charge >= 0.3 is 11.9 Å². The van der Waals surface area contributed by atoms with Crippen LogP contribution in [0.1, 0.15) is 168 Å². The molecule has 1 aliphatic rings. The summed E-state index contributed by atoms with van der Waals surface area (Å²) in [6.07, 6.45) is 44.2. The zero-order valence-corrected chi connectivity index (χ0v) is 31.1. The standard InChI is InChI=1S/C42H73NO4/c1-5-7-9-11-13-15-17-19-21-23-25-27-29-31-33-35-39(44)46-41-38(37-43(3)4)42(41)47-40(45)36-34-32-30-28-26-24-22-20-18-16-14-12-10-8-6-2/h13-16,19-22,38,41-42H,5-12,17-18,23-37H2,1-4H3/b15-13-,16-14-,21-19-,22-20-/t38-,41+,42?/m0/s1. The molecule has 0 amide bonds. The van der Waals surface area contributed by atoms with Crippen LogP contribution in [0.3, 0.4) is 0 Å². The van der Waals surface area contributed by atoms with Gasteiger partial charge in [-0.25, -0.2) is 0 Å². The maximum atomic E-state index is 12.5. The largest absolute Gasteiger partial charge is 0.458 e. The number of nitrogens with zero attached hydrogens (tertiary/aromatic N) is 1. The fraction of sp³-hybridized carbons (Fsp3) is 0.762. The molecule has 270 valence electrons. The Balaban J connectivity index is 2.08. The monoisotopic (exact) mass is 656 g/mol. The Morgan fingerprint density at radius 3 is 1.19 bits per heavy atom. The van der Waals surface area contributed by atoms with Crippen LogP contribution in [0.4, 0.5) is 0 Å². The van der Waals surface area contributed by atoms with E-state index in [9.17, 15) is 9.59 Å². The molecule has 1 aliphatic carbocycles. The van der Waals surface area contributed by atoms with Crippen molar-refractivity contribution in [3.8, 4) is 0 Å². The molecule has 0 aliphatic heterocycles. The van der Waals surface area contributed by atoms with Gasteiger partial charge in [0.25, 0.3) is 0 Å². The second-order valence-electron chi connectivity index (χ2n) is 13.8. The van der Waals surface area contributed by atoms with Gasteiger partial charge in [0, 0.05) is 19.4 Å². The molecule has 0 bridgehead atoms. The van der Waals surface area contributed by atoms with Gasteiger partial charge in [-0.05, 0) is 91.1 Å². The minimum absolute atomic E-state index is 0.0760. The first kappa shape index (κ1) is 42.9. The molecule has 0 radical (unpaired) electrons. The van der Waals surface area contributed by atoms with E-state index >= 15 is 0 Å². The first-order valence-corrected chi connectivity index (χ1v) is 19.6. The second-order valence-corrected chi connectivity index (χ2v) is 13.8. The van der Waals surface area contributed by atoms with Gasteiger partial charge in [-0.15, -0.1) is 0 Å². The van der Waals surface area contributed by atoms with Gasteiger partial charge in [0.1, 0.15) is 12.2 Å². The fourth-order valence-corrected chi connectivity index (χ4v) is 5.83. The first-order valence-electron chi connectivity index (χ1n) is 19.6. The molecule has 0 heterocycles. The molecule has 1 fully saturated rings. The Morgan fingerprint density at radius 2 is 0.830 bits per heavy atom. The van der Waals surface area contributed by atoms with Gasteiger partial charge in [-0.3, -0.25) is 9.59 Å². The van der Waals surface area contributed by atoms with Gasteiger partial charge in [0.2, 0.25) is 0 Å². The predicted molar refractivity (Wildman–Crippen MR) is 201 cm³/mol. The van der Waals surface area contributed by atoms with Crippen molar-refractivity contribution in [3.05, 3.63) is 48.6 Å². The molecule has 3 atom stereocenters. The normalized spacial score (nSPS) is 18.0.